The zero-order valence-electron chi connectivity index (χ0n) is 11.8. The summed E-state index contributed by atoms with van der Waals surface area (Å²) in [4.78, 5) is -0.252. The number of hydrogen-bond donors (Lipinski definition) is 1. The minimum Gasteiger partial charge on any atom is -0.497 e. The van der Waals surface area contributed by atoms with Gasteiger partial charge in [0.15, 0.2) is 0 Å². The SMILES string of the molecule is COc1ccc(OC)c(S(=O)(=O)Nc2cc(F)ccc2F)c1. The van der Waals surface area contributed by atoms with Gasteiger partial charge < -0.3 is 9.47 Å². The second-order valence-electron chi connectivity index (χ2n) is 4.25. The standard InChI is InChI=1S/C14H13F2NO4S/c1-20-10-4-6-13(21-2)14(8-10)22(18,19)17-12-7-9(15)3-5-11(12)16/h3-8,17H,1-2H3. The molecule has 0 aliphatic carbocycles. The van der Waals surface area contributed by atoms with Crippen LogP contribution in [0.3, 0.4) is 0 Å². The quantitative estimate of drug-likeness (QED) is 0.916. The third-order valence-corrected chi connectivity index (χ3v) is 4.22. The molecule has 0 saturated heterocycles. The Morgan fingerprint density at radius 3 is 2.36 bits per heavy atom. The van der Waals surface area contributed by atoms with Gasteiger partial charge in [0.25, 0.3) is 10.0 Å². The highest BCUT2D eigenvalue weighted by atomic mass is 32.2. The predicted octanol–water partition coefficient (Wildman–Crippen LogP) is 2.78. The summed E-state index contributed by atoms with van der Waals surface area (Å²) in [5.74, 6) is -1.34. The lowest BCUT2D eigenvalue weighted by atomic mass is 10.3. The van der Waals surface area contributed by atoms with Crippen molar-refractivity contribution in [1.82, 2.24) is 0 Å². The largest absolute Gasteiger partial charge is 0.497 e. The molecule has 0 aliphatic rings. The predicted molar refractivity (Wildman–Crippen MR) is 76.7 cm³/mol. The van der Waals surface area contributed by atoms with Crippen molar-refractivity contribution < 1.29 is 26.7 Å². The highest BCUT2D eigenvalue weighted by molar-refractivity contribution is 7.92. The average Bonchev–Trinajstić information content (AvgIpc) is 2.50. The molecule has 0 aromatic heterocycles. The number of anilines is 1. The van der Waals surface area contributed by atoms with Crippen LogP contribution >= 0.6 is 0 Å². The fraction of sp³-hybridized carbons (Fsp3) is 0.143. The molecule has 0 atom stereocenters. The van der Waals surface area contributed by atoms with E-state index in [2.05, 4.69) is 0 Å². The first-order chi connectivity index (χ1) is 10.4. The Labute approximate surface area is 126 Å². The second kappa shape index (κ2) is 6.18. The molecule has 2 aromatic rings. The Hall–Kier alpha value is -2.35. The Bertz CT molecular complexity index is 793. The van der Waals surface area contributed by atoms with E-state index >= 15 is 0 Å². The normalized spacial score (nSPS) is 11.1. The molecule has 0 amide bonds. The van der Waals surface area contributed by atoms with Crippen molar-refractivity contribution in [2.24, 2.45) is 0 Å². The molecular formula is C14H13F2NO4S. The van der Waals surface area contributed by atoms with Crippen LogP contribution in [0.2, 0.25) is 0 Å². The molecular weight excluding hydrogens is 316 g/mol. The summed E-state index contributed by atoms with van der Waals surface area (Å²) < 4.78 is 63.4. The number of methoxy groups -OCH3 is 2. The molecule has 0 unspecified atom stereocenters. The molecule has 118 valence electrons. The highest BCUT2D eigenvalue weighted by Crippen LogP contribution is 2.30. The van der Waals surface area contributed by atoms with Crippen LogP contribution in [0.15, 0.2) is 41.3 Å². The first-order valence-corrected chi connectivity index (χ1v) is 7.55. The number of ether oxygens (including phenoxy) is 2. The first kappa shape index (κ1) is 16.0. The van der Waals surface area contributed by atoms with Crippen LogP contribution in [0.5, 0.6) is 11.5 Å². The average molecular weight is 329 g/mol. The van der Waals surface area contributed by atoms with E-state index < -0.39 is 27.3 Å². The van der Waals surface area contributed by atoms with Gasteiger partial charge in [-0.15, -0.1) is 0 Å². The monoisotopic (exact) mass is 329 g/mol. The summed E-state index contributed by atoms with van der Waals surface area (Å²) in [6, 6.07) is 6.60. The van der Waals surface area contributed by atoms with E-state index in [0.717, 1.165) is 18.2 Å². The highest BCUT2D eigenvalue weighted by Gasteiger charge is 2.22. The summed E-state index contributed by atoms with van der Waals surface area (Å²) in [6.07, 6.45) is 0. The van der Waals surface area contributed by atoms with Gasteiger partial charge >= 0.3 is 0 Å². The van der Waals surface area contributed by atoms with E-state index in [0.29, 0.717) is 0 Å². The van der Waals surface area contributed by atoms with Crippen LogP contribution in [-0.4, -0.2) is 22.6 Å². The van der Waals surface area contributed by atoms with Crippen LogP contribution in [0.25, 0.3) is 0 Å². The molecule has 0 saturated carbocycles. The molecule has 5 nitrogen and oxygen atoms in total. The molecule has 0 aliphatic heterocycles. The van der Waals surface area contributed by atoms with Gasteiger partial charge in [0.05, 0.1) is 19.9 Å². The van der Waals surface area contributed by atoms with E-state index in [4.69, 9.17) is 9.47 Å². The lowest BCUT2D eigenvalue weighted by molar-refractivity contribution is 0.392. The number of rotatable bonds is 5. The van der Waals surface area contributed by atoms with Gasteiger partial charge in [0.2, 0.25) is 0 Å². The van der Waals surface area contributed by atoms with Crippen molar-refractivity contribution in [2.75, 3.05) is 18.9 Å². The third kappa shape index (κ3) is 3.28. The van der Waals surface area contributed by atoms with Crippen LogP contribution in [0.1, 0.15) is 0 Å². The van der Waals surface area contributed by atoms with E-state index in [1.807, 2.05) is 4.72 Å². The fourth-order valence-electron chi connectivity index (χ4n) is 1.77. The van der Waals surface area contributed by atoms with Crippen LogP contribution < -0.4 is 14.2 Å². The fourth-order valence-corrected chi connectivity index (χ4v) is 3.01. The second-order valence-corrected chi connectivity index (χ2v) is 5.90. The molecule has 0 fully saturated rings. The van der Waals surface area contributed by atoms with Crippen molar-refractivity contribution in [3.8, 4) is 11.5 Å². The van der Waals surface area contributed by atoms with Gasteiger partial charge in [-0.3, -0.25) is 4.72 Å². The maximum atomic E-state index is 13.6. The Morgan fingerprint density at radius 2 is 1.73 bits per heavy atom. The molecule has 8 heteroatoms. The lowest BCUT2D eigenvalue weighted by Gasteiger charge is -2.13. The molecule has 0 bridgehead atoms. The van der Waals surface area contributed by atoms with Crippen molar-refractivity contribution in [3.63, 3.8) is 0 Å². The minimum absolute atomic E-state index is 0.0464. The van der Waals surface area contributed by atoms with Gasteiger partial charge in [0.1, 0.15) is 28.0 Å². The van der Waals surface area contributed by atoms with Gasteiger partial charge in [0, 0.05) is 12.1 Å². The Balaban J connectivity index is 2.48. The van der Waals surface area contributed by atoms with Crippen LogP contribution in [0.4, 0.5) is 14.5 Å². The van der Waals surface area contributed by atoms with Crippen LogP contribution in [0, 0.1) is 11.6 Å². The third-order valence-electron chi connectivity index (χ3n) is 2.83. The molecule has 0 radical (unpaired) electrons. The van der Waals surface area contributed by atoms with Gasteiger partial charge in [-0.05, 0) is 24.3 Å². The topological polar surface area (TPSA) is 64.6 Å². The lowest BCUT2D eigenvalue weighted by Crippen LogP contribution is -2.15. The minimum atomic E-state index is -4.19. The number of hydrogen-bond acceptors (Lipinski definition) is 4. The van der Waals surface area contributed by atoms with E-state index in [1.165, 1.54) is 32.4 Å². The summed E-state index contributed by atoms with van der Waals surface area (Å²) >= 11 is 0. The van der Waals surface area contributed by atoms with E-state index in [9.17, 15) is 17.2 Å². The van der Waals surface area contributed by atoms with E-state index in [1.54, 1.807) is 0 Å². The van der Waals surface area contributed by atoms with Crippen molar-refractivity contribution in [2.45, 2.75) is 4.90 Å². The maximum absolute atomic E-state index is 13.6. The number of benzene rings is 2. The van der Waals surface area contributed by atoms with Crippen molar-refractivity contribution in [1.29, 1.82) is 0 Å². The summed E-state index contributed by atoms with van der Waals surface area (Å²) in [7, 11) is -1.52. The Morgan fingerprint density at radius 1 is 1.00 bits per heavy atom. The molecule has 0 spiro atoms. The zero-order valence-corrected chi connectivity index (χ0v) is 12.6. The number of nitrogens with one attached hydrogen (secondary N) is 1. The smallest absolute Gasteiger partial charge is 0.265 e. The summed E-state index contributed by atoms with van der Waals surface area (Å²) in [5.41, 5.74) is -0.495. The van der Waals surface area contributed by atoms with Crippen LogP contribution in [-0.2, 0) is 10.0 Å². The number of sulfonamides is 1. The molecule has 0 heterocycles. The number of halogens is 2. The molecule has 2 rings (SSSR count). The molecule has 22 heavy (non-hydrogen) atoms. The van der Waals surface area contributed by atoms with Gasteiger partial charge in [-0.25, -0.2) is 17.2 Å². The molecule has 1 N–H and O–H groups in total. The van der Waals surface area contributed by atoms with Gasteiger partial charge in [-0.2, -0.15) is 0 Å². The molecule has 2 aromatic carbocycles. The maximum Gasteiger partial charge on any atom is 0.265 e. The summed E-state index contributed by atoms with van der Waals surface area (Å²) in [6.45, 7) is 0. The van der Waals surface area contributed by atoms with Gasteiger partial charge in [-0.1, -0.05) is 0 Å². The first-order valence-electron chi connectivity index (χ1n) is 6.07. The van der Waals surface area contributed by atoms with Crippen molar-refractivity contribution >= 4 is 15.7 Å². The Kier molecular flexibility index (Phi) is 4.51. The summed E-state index contributed by atoms with van der Waals surface area (Å²) in [5, 5.41) is 0. The van der Waals surface area contributed by atoms with E-state index in [-0.39, 0.29) is 16.4 Å². The zero-order chi connectivity index (χ0) is 16.3. The van der Waals surface area contributed by atoms with Crippen molar-refractivity contribution in [3.05, 3.63) is 48.0 Å².